The van der Waals surface area contributed by atoms with E-state index >= 15 is 0 Å². The van der Waals surface area contributed by atoms with Gasteiger partial charge < -0.3 is 9.47 Å². The Hall–Kier alpha value is -1.84. The summed E-state index contributed by atoms with van der Waals surface area (Å²) in [5.41, 5.74) is 0.547. The summed E-state index contributed by atoms with van der Waals surface area (Å²) in [6.45, 7) is 0.245. The highest BCUT2D eigenvalue weighted by Gasteiger charge is 2.01. The van der Waals surface area contributed by atoms with Crippen molar-refractivity contribution in [3.63, 3.8) is 0 Å². The summed E-state index contributed by atoms with van der Waals surface area (Å²) < 4.78 is 9.72. The second kappa shape index (κ2) is 5.80. The molecular formula is C11H12O4. The number of hydrogen-bond donors (Lipinski definition) is 0. The van der Waals surface area contributed by atoms with Gasteiger partial charge in [-0.1, -0.05) is 12.1 Å². The normalized spacial score (nSPS) is 9.40. The third-order valence-electron chi connectivity index (χ3n) is 1.80. The van der Waals surface area contributed by atoms with Gasteiger partial charge in [0.1, 0.15) is 12.0 Å². The van der Waals surface area contributed by atoms with Crippen LogP contribution in [-0.2, 0) is 9.53 Å². The Morgan fingerprint density at radius 3 is 2.93 bits per heavy atom. The van der Waals surface area contributed by atoms with Gasteiger partial charge in [0.05, 0.1) is 20.1 Å². The average molecular weight is 208 g/mol. The molecule has 0 unspecified atom stereocenters. The van der Waals surface area contributed by atoms with Crippen molar-refractivity contribution in [2.45, 2.75) is 6.42 Å². The van der Waals surface area contributed by atoms with Gasteiger partial charge in [-0.2, -0.15) is 0 Å². The number of aldehydes is 1. The summed E-state index contributed by atoms with van der Waals surface area (Å²) in [6.07, 6.45) is 0.939. The Bertz CT molecular complexity index is 346. The van der Waals surface area contributed by atoms with E-state index in [0.717, 1.165) is 6.29 Å². The van der Waals surface area contributed by atoms with Gasteiger partial charge in [-0.3, -0.25) is 9.59 Å². The molecule has 0 amide bonds. The topological polar surface area (TPSA) is 52.6 Å². The van der Waals surface area contributed by atoms with Crippen molar-refractivity contribution in [2.24, 2.45) is 0 Å². The van der Waals surface area contributed by atoms with Gasteiger partial charge in [0.25, 0.3) is 0 Å². The number of hydrogen-bond acceptors (Lipinski definition) is 4. The molecule has 0 aliphatic carbocycles. The van der Waals surface area contributed by atoms with Crippen molar-refractivity contribution >= 4 is 12.3 Å². The highest BCUT2D eigenvalue weighted by molar-refractivity contribution is 5.75. The molecule has 4 heteroatoms. The molecule has 0 saturated carbocycles. The van der Waals surface area contributed by atoms with E-state index in [1.54, 1.807) is 24.3 Å². The van der Waals surface area contributed by atoms with Crippen LogP contribution in [0.25, 0.3) is 0 Å². The predicted molar refractivity (Wildman–Crippen MR) is 54.0 cm³/mol. The molecule has 4 nitrogen and oxygen atoms in total. The van der Waals surface area contributed by atoms with Crippen LogP contribution in [0.4, 0.5) is 0 Å². The van der Waals surface area contributed by atoms with E-state index in [0.29, 0.717) is 11.3 Å². The van der Waals surface area contributed by atoms with Gasteiger partial charge in [0.2, 0.25) is 0 Å². The largest absolute Gasteiger partial charge is 0.493 e. The summed E-state index contributed by atoms with van der Waals surface area (Å²) >= 11 is 0. The molecule has 0 spiro atoms. The molecule has 0 atom stereocenters. The van der Waals surface area contributed by atoms with Gasteiger partial charge >= 0.3 is 5.97 Å². The van der Waals surface area contributed by atoms with Gasteiger partial charge in [-0.25, -0.2) is 0 Å². The van der Waals surface area contributed by atoms with Crippen LogP contribution < -0.4 is 4.74 Å². The van der Waals surface area contributed by atoms with Crippen molar-refractivity contribution in [3.8, 4) is 5.75 Å². The lowest BCUT2D eigenvalue weighted by atomic mass is 10.2. The van der Waals surface area contributed by atoms with E-state index in [4.69, 9.17) is 4.74 Å². The Balaban J connectivity index is 2.43. The third kappa shape index (κ3) is 3.81. The molecule has 1 rings (SSSR count). The highest BCUT2D eigenvalue weighted by Crippen LogP contribution is 2.12. The van der Waals surface area contributed by atoms with Gasteiger partial charge in [-0.15, -0.1) is 0 Å². The molecule has 0 radical (unpaired) electrons. The molecular weight excluding hydrogens is 196 g/mol. The monoisotopic (exact) mass is 208 g/mol. The minimum absolute atomic E-state index is 0.196. The SMILES string of the molecule is COC(=O)CCOc1cccc(C=O)c1. The van der Waals surface area contributed by atoms with E-state index < -0.39 is 0 Å². The number of carbonyl (C=O) groups excluding carboxylic acids is 2. The van der Waals surface area contributed by atoms with E-state index in [1.807, 2.05) is 0 Å². The van der Waals surface area contributed by atoms with Crippen molar-refractivity contribution < 1.29 is 19.1 Å². The lowest BCUT2D eigenvalue weighted by Crippen LogP contribution is -2.07. The van der Waals surface area contributed by atoms with Crippen molar-refractivity contribution in [3.05, 3.63) is 29.8 Å². The van der Waals surface area contributed by atoms with Gasteiger partial charge in [0, 0.05) is 5.56 Å². The van der Waals surface area contributed by atoms with Gasteiger partial charge in [0.15, 0.2) is 0 Å². The third-order valence-corrected chi connectivity index (χ3v) is 1.80. The molecule has 80 valence electrons. The zero-order chi connectivity index (χ0) is 11.1. The van der Waals surface area contributed by atoms with Crippen molar-refractivity contribution in [2.75, 3.05) is 13.7 Å². The lowest BCUT2D eigenvalue weighted by Gasteiger charge is -2.05. The van der Waals surface area contributed by atoms with Crippen LogP contribution in [0, 0.1) is 0 Å². The van der Waals surface area contributed by atoms with Crippen molar-refractivity contribution in [1.29, 1.82) is 0 Å². The van der Waals surface area contributed by atoms with E-state index in [9.17, 15) is 9.59 Å². The molecule has 1 aromatic rings. The Morgan fingerprint density at radius 2 is 2.27 bits per heavy atom. The molecule has 0 aliphatic rings. The fourth-order valence-corrected chi connectivity index (χ4v) is 1.03. The standard InChI is InChI=1S/C11H12O4/c1-14-11(13)5-6-15-10-4-2-3-9(7-10)8-12/h2-4,7-8H,5-6H2,1H3. The highest BCUT2D eigenvalue weighted by atomic mass is 16.5. The first-order valence-electron chi connectivity index (χ1n) is 4.51. The lowest BCUT2D eigenvalue weighted by molar-refractivity contribution is -0.141. The second-order valence-electron chi connectivity index (χ2n) is 2.86. The maximum Gasteiger partial charge on any atom is 0.308 e. The summed E-state index contributed by atoms with van der Waals surface area (Å²) in [6, 6.07) is 6.74. The quantitative estimate of drug-likeness (QED) is 0.542. The van der Waals surface area contributed by atoms with Crippen LogP contribution in [-0.4, -0.2) is 26.0 Å². The fraction of sp³-hybridized carbons (Fsp3) is 0.273. The van der Waals surface area contributed by atoms with Gasteiger partial charge in [-0.05, 0) is 12.1 Å². The molecule has 0 aliphatic heterocycles. The predicted octanol–water partition coefficient (Wildman–Crippen LogP) is 1.44. The summed E-state index contributed by atoms with van der Waals surface area (Å²) in [4.78, 5) is 21.2. The molecule has 0 saturated heterocycles. The smallest absolute Gasteiger partial charge is 0.308 e. The average Bonchev–Trinajstić information content (AvgIpc) is 2.29. The number of ether oxygens (including phenoxy) is 2. The van der Waals surface area contributed by atoms with E-state index in [2.05, 4.69) is 4.74 Å². The van der Waals surface area contributed by atoms with Crippen LogP contribution in [0.5, 0.6) is 5.75 Å². The summed E-state index contributed by atoms with van der Waals surface area (Å²) in [5, 5.41) is 0. The minimum atomic E-state index is -0.318. The first-order valence-corrected chi connectivity index (χ1v) is 4.51. The van der Waals surface area contributed by atoms with E-state index in [-0.39, 0.29) is 19.0 Å². The van der Waals surface area contributed by atoms with Crippen LogP contribution in [0.15, 0.2) is 24.3 Å². The maximum atomic E-state index is 10.8. The first-order chi connectivity index (χ1) is 7.26. The Labute approximate surface area is 87.8 Å². The molecule has 0 aromatic heterocycles. The number of esters is 1. The fourth-order valence-electron chi connectivity index (χ4n) is 1.03. The number of rotatable bonds is 5. The van der Waals surface area contributed by atoms with Crippen LogP contribution >= 0.6 is 0 Å². The minimum Gasteiger partial charge on any atom is -0.493 e. The van der Waals surface area contributed by atoms with Crippen LogP contribution in [0.2, 0.25) is 0 Å². The Kier molecular flexibility index (Phi) is 4.34. The zero-order valence-electron chi connectivity index (χ0n) is 8.43. The second-order valence-corrected chi connectivity index (χ2v) is 2.86. The van der Waals surface area contributed by atoms with Crippen LogP contribution in [0.1, 0.15) is 16.8 Å². The maximum absolute atomic E-state index is 10.8. The van der Waals surface area contributed by atoms with Crippen LogP contribution in [0.3, 0.4) is 0 Å². The molecule has 0 bridgehead atoms. The summed E-state index contributed by atoms with van der Waals surface area (Å²) in [7, 11) is 1.33. The molecule has 0 heterocycles. The summed E-state index contributed by atoms with van der Waals surface area (Å²) in [5.74, 6) is 0.255. The molecule has 15 heavy (non-hydrogen) atoms. The molecule has 0 fully saturated rings. The Morgan fingerprint density at radius 1 is 1.47 bits per heavy atom. The number of methoxy groups -OCH3 is 1. The van der Waals surface area contributed by atoms with E-state index in [1.165, 1.54) is 7.11 Å². The first kappa shape index (κ1) is 11.2. The molecule has 0 N–H and O–H groups in total. The molecule has 1 aromatic carbocycles. The zero-order valence-corrected chi connectivity index (χ0v) is 8.43. The number of carbonyl (C=O) groups is 2. The number of benzene rings is 1. The van der Waals surface area contributed by atoms with Crippen molar-refractivity contribution in [1.82, 2.24) is 0 Å².